The van der Waals surface area contributed by atoms with E-state index in [9.17, 15) is 0 Å². The van der Waals surface area contributed by atoms with Crippen LogP contribution in [0.2, 0.25) is 0 Å². The fourth-order valence-electron chi connectivity index (χ4n) is 2.11. The number of methoxy groups -OCH3 is 2. The zero-order valence-corrected chi connectivity index (χ0v) is 15.0. The molecule has 124 valence electrons. The molecule has 0 radical (unpaired) electrons. The molecule has 2 rings (SSSR count). The number of halogens is 1. The van der Waals surface area contributed by atoms with Crippen molar-refractivity contribution in [2.75, 3.05) is 27.4 Å². The Hall–Kier alpha value is -1.72. The number of hydrogen-bond donors (Lipinski definition) is 0. The molecule has 0 bridgehead atoms. The Balaban J connectivity index is 1.70. The van der Waals surface area contributed by atoms with Crippen LogP contribution in [0.3, 0.4) is 0 Å². The summed E-state index contributed by atoms with van der Waals surface area (Å²) in [6, 6.07) is 13.6. The molecule has 0 amide bonds. The van der Waals surface area contributed by atoms with Crippen molar-refractivity contribution in [2.24, 2.45) is 0 Å². The van der Waals surface area contributed by atoms with E-state index in [1.807, 2.05) is 42.5 Å². The van der Waals surface area contributed by atoms with Gasteiger partial charge in [0.05, 0.1) is 34.0 Å². The molecule has 2 aromatic carbocycles. The van der Waals surface area contributed by atoms with Crippen molar-refractivity contribution in [1.82, 2.24) is 0 Å². The Morgan fingerprint density at radius 3 is 2.43 bits per heavy atom. The SMILES string of the molecule is COc1ccccc1COCCCOc1ccc(Br)cc1OC. The molecule has 0 aliphatic carbocycles. The maximum atomic E-state index is 5.73. The molecule has 23 heavy (non-hydrogen) atoms. The Kier molecular flexibility index (Phi) is 7.23. The highest BCUT2D eigenvalue weighted by Gasteiger charge is 2.05. The van der Waals surface area contributed by atoms with Gasteiger partial charge in [-0.05, 0) is 24.3 Å². The fraction of sp³-hybridized carbons (Fsp3) is 0.333. The van der Waals surface area contributed by atoms with Crippen LogP contribution in [0.5, 0.6) is 17.2 Å². The van der Waals surface area contributed by atoms with Gasteiger partial charge in [-0.15, -0.1) is 0 Å². The van der Waals surface area contributed by atoms with E-state index in [0.29, 0.717) is 25.6 Å². The molecular formula is C18H21BrO4. The van der Waals surface area contributed by atoms with Crippen molar-refractivity contribution in [3.8, 4) is 17.2 Å². The lowest BCUT2D eigenvalue weighted by Crippen LogP contribution is -2.04. The van der Waals surface area contributed by atoms with Gasteiger partial charge in [0.15, 0.2) is 11.5 Å². The van der Waals surface area contributed by atoms with Gasteiger partial charge in [-0.2, -0.15) is 0 Å². The Labute approximate surface area is 145 Å². The highest BCUT2D eigenvalue weighted by atomic mass is 79.9. The summed E-state index contributed by atoms with van der Waals surface area (Å²) >= 11 is 3.41. The minimum Gasteiger partial charge on any atom is -0.496 e. The number of rotatable bonds is 9. The second kappa shape index (κ2) is 9.43. The van der Waals surface area contributed by atoms with Gasteiger partial charge in [0.25, 0.3) is 0 Å². The summed E-state index contributed by atoms with van der Waals surface area (Å²) in [7, 11) is 3.29. The molecule has 0 saturated carbocycles. The van der Waals surface area contributed by atoms with Gasteiger partial charge in [0.2, 0.25) is 0 Å². The number of ether oxygens (including phenoxy) is 4. The summed E-state index contributed by atoms with van der Waals surface area (Å²) in [6.07, 6.45) is 0.800. The monoisotopic (exact) mass is 380 g/mol. The summed E-state index contributed by atoms with van der Waals surface area (Å²) < 4.78 is 22.9. The zero-order valence-electron chi connectivity index (χ0n) is 13.4. The van der Waals surface area contributed by atoms with Crippen molar-refractivity contribution in [1.29, 1.82) is 0 Å². The quantitative estimate of drug-likeness (QED) is 0.602. The Morgan fingerprint density at radius 2 is 1.65 bits per heavy atom. The zero-order chi connectivity index (χ0) is 16.5. The van der Waals surface area contributed by atoms with Gasteiger partial charge < -0.3 is 18.9 Å². The van der Waals surface area contributed by atoms with Crippen molar-refractivity contribution in [3.05, 3.63) is 52.5 Å². The van der Waals surface area contributed by atoms with Crippen LogP contribution in [-0.2, 0) is 11.3 Å². The van der Waals surface area contributed by atoms with Gasteiger partial charge in [-0.25, -0.2) is 0 Å². The van der Waals surface area contributed by atoms with E-state index in [1.54, 1.807) is 14.2 Å². The summed E-state index contributed by atoms with van der Waals surface area (Å²) in [4.78, 5) is 0. The van der Waals surface area contributed by atoms with E-state index in [2.05, 4.69) is 15.9 Å². The topological polar surface area (TPSA) is 36.9 Å². The molecule has 2 aromatic rings. The van der Waals surface area contributed by atoms with Crippen molar-refractivity contribution >= 4 is 15.9 Å². The van der Waals surface area contributed by atoms with Gasteiger partial charge in [-0.1, -0.05) is 34.1 Å². The van der Waals surface area contributed by atoms with E-state index in [0.717, 1.165) is 28.0 Å². The van der Waals surface area contributed by atoms with Crippen LogP contribution in [0.25, 0.3) is 0 Å². The number of hydrogen-bond acceptors (Lipinski definition) is 4. The maximum absolute atomic E-state index is 5.73. The molecule has 0 N–H and O–H groups in total. The normalized spacial score (nSPS) is 10.4. The Morgan fingerprint density at radius 1 is 0.870 bits per heavy atom. The number of benzene rings is 2. The first-order valence-corrected chi connectivity index (χ1v) is 8.20. The third kappa shape index (κ3) is 5.44. The lowest BCUT2D eigenvalue weighted by molar-refractivity contribution is 0.105. The van der Waals surface area contributed by atoms with E-state index in [-0.39, 0.29) is 0 Å². The van der Waals surface area contributed by atoms with Crippen LogP contribution in [0.4, 0.5) is 0 Å². The molecule has 0 spiro atoms. The van der Waals surface area contributed by atoms with Crippen LogP contribution >= 0.6 is 15.9 Å². The van der Waals surface area contributed by atoms with Crippen molar-refractivity contribution < 1.29 is 18.9 Å². The average Bonchev–Trinajstić information content (AvgIpc) is 2.59. The first kappa shape index (κ1) is 17.6. The molecule has 0 unspecified atom stereocenters. The summed E-state index contributed by atoms with van der Waals surface area (Å²) in [6.45, 7) is 1.73. The second-order valence-electron chi connectivity index (χ2n) is 4.86. The molecule has 0 aliphatic heterocycles. The Bertz CT molecular complexity index is 616. The van der Waals surface area contributed by atoms with E-state index < -0.39 is 0 Å². The molecule has 0 aliphatic rings. The number of para-hydroxylation sites is 1. The average molecular weight is 381 g/mol. The van der Waals surface area contributed by atoms with E-state index in [1.165, 1.54) is 0 Å². The first-order chi connectivity index (χ1) is 11.2. The van der Waals surface area contributed by atoms with Crippen molar-refractivity contribution in [3.63, 3.8) is 0 Å². The predicted molar refractivity (Wildman–Crippen MR) is 93.5 cm³/mol. The highest BCUT2D eigenvalue weighted by Crippen LogP contribution is 2.30. The van der Waals surface area contributed by atoms with Crippen LogP contribution in [0, 0.1) is 0 Å². The predicted octanol–water partition coefficient (Wildman–Crippen LogP) is 4.45. The minimum atomic E-state index is 0.533. The fourth-order valence-corrected chi connectivity index (χ4v) is 2.45. The first-order valence-electron chi connectivity index (χ1n) is 7.40. The molecule has 0 heterocycles. The third-order valence-corrected chi connectivity index (χ3v) is 3.76. The molecular weight excluding hydrogens is 360 g/mol. The van der Waals surface area contributed by atoms with Gasteiger partial charge >= 0.3 is 0 Å². The maximum Gasteiger partial charge on any atom is 0.161 e. The molecule has 0 saturated heterocycles. The molecule has 0 atom stereocenters. The summed E-state index contributed by atoms with van der Waals surface area (Å²) in [5.74, 6) is 2.30. The van der Waals surface area contributed by atoms with Crippen LogP contribution in [-0.4, -0.2) is 27.4 Å². The second-order valence-corrected chi connectivity index (χ2v) is 5.78. The van der Waals surface area contributed by atoms with Gasteiger partial charge in [0.1, 0.15) is 5.75 Å². The smallest absolute Gasteiger partial charge is 0.161 e. The molecule has 4 nitrogen and oxygen atoms in total. The summed E-state index contributed by atoms with van der Waals surface area (Å²) in [5.41, 5.74) is 1.05. The standard InChI is InChI=1S/C18H21BrO4/c1-20-16-7-4-3-6-14(16)13-22-10-5-11-23-17-9-8-15(19)12-18(17)21-2/h3-4,6-9,12H,5,10-11,13H2,1-2H3. The van der Waals surface area contributed by atoms with E-state index in [4.69, 9.17) is 18.9 Å². The molecule has 0 aromatic heterocycles. The third-order valence-electron chi connectivity index (χ3n) is 3.27. The molecule has 5 heteroatoms. The molecule has 0 fully saturated rings. The summed E-state index contributed by atoms with van der Waals surface area (Å²) in [5, 5.41) is 0. The highest BCUT2D eigenvalue weighted by molar-refractivity contribution is 9.10. The lowest BCUT2D eigenvalue weighted by atomic mass is 10.2. The van der Waals surface area contributed by atoms with Crippen LogP contribution < -0.4 is 14.2 Å². The minimum absolute atomic E-state index is 0.533. The van der Waals surface area contributed by atoms with Crippen molar-refractivity contribution in [2.45, 2.75) is 13.0 Å². The van der Waals surface area contributed by atoms with E-state index >= 15 is 0 Å². The largest absolute Gasteiger partial charge is 0.496 e. The van der Waals surface area contributed by atoms with Crippen LogP contribution in [0.15, 0.2) is 46.9 Å². The van der Waals surface area contributed by atoms with Gasteiger partial charge in [0, 0.05) is 16.5 Å². The lowest BCUT2D eigenvalue weighted by Gasteiger charge is -2.11. The van der Waals surface area contributed by atoms with Crippen LogP contribution in [0.1, 0.15) is 12.0 Å². The van der Waals surface area contributed by atoms with Gasteiger partial charge in [-0.3, -0.25) is 0 Å².